The summed E-state index contributed by atoms with van der Waals surface area (Å²) in [5.74, 6) is 1.66. The number of para-hydroxylation sites is 1. The van der Waals surface area contributed by atoms with Crippen molar-refractivity contribution < 1.29 is 9.18 Å². The molecule has 1 unspecified atom stereocenters. The third kappa shape index (κ3) is 3.37. The Morgan fingerprint density at radius 2 is 1.88 bits per heavy atom. The monoisotopic (exact) mass is 374 g/mol. The minimum atomic E-state index is -0.237. The first kappa shape index (κ1) is 16.8. The molecule has 0 saturated carbocycles. The number of halogens is 1. The van der Waals surface area contributed by atoms with Crippen LogP contribution in [0.3, 0.4) is 0 Å². The van der Waals surface area contributed by atoms with E-state index in [1.807, 2.05) is 34.9 Å². The van der Waals surface area contributed by atoms with Crippen LogP contribution >= 0.6 is 23.5 Å². The van der Waals surface area contributed by atoms with Gasteiger partial charge >= 0.3 is 0 Å². The molecule has 1 atom stereocenters. The van der Waals surface area contributed by atoms with Crippen LogP contribution in [0.25, 0.3) is 0 Å². The van der Waals surface area contributed by atoms with Gasteiger partial charge in [0.2, 0.25) is 5.91 Å². The largest absolute Gasteiger partial charge is 0.360 e. The van der Waals surface area contributed by atoms with Crippen molar-refractivity contribution in [1.82, 2.24) is 4.90 Å². The van der Waals surface area contributed by atoms with E-state index < -0.39 is 0 Å². The highest BCUT2D eigenvalue weighted by atomic mass is 32.2. The van der Waals surface area contributed by atoms with Crippen LogP contribution in [-0.4, -0.2) is 41.9 Å². The van der Waals surface area contributed by atoms with Crippen molar-refractivity contribution in [3.63, 3.8) is 0 Å². The Bertz CT molecular complexity index is 786. The van der Waals surface area contributed by atoms with Gasteiger partial charge in [-0.25, -0.2) is 4.39 Å². The van der Waals surface area contributed by atoms with E-state index in [0.717, 1.165) is 23.7 Å². The normalized spacial score (nSPS) is 19.8. The molecule has 2 aliphatic heterocycles. The fourth-order valence-electron chi connectivity index (χ4n) is 3.30. The van der Waals surface area contributed by atoms with Crippen molar-refractivity contribution in [3.05, 3.63) is 59.9 Å². The standard InChI is InChI=1S/C19H19FN2OS2/c20-15-6-2-1-5-14(15)19-22(10-12-25-19)18(23)13-21-9-11-24-17-8-4-3-7-16(17)21/h1-8,19H,9-13H2. The van der Waals surface area contributed by atoms with Crippen molar-refractivity contribution in [3.8, 4) is 0 Å². The average Bonchev–Trinajstić information content (AvgIpc) is 3.12. The van der Waals surface area contributed by atoms with Crippen molar-refractivity contribution in [2.75, 3.05) is 36.0 Å². The zero-order chi connectivity index (χ0) is 17.2. The summed E-state index contributed by atoms with van der Waals surface area (Å²) in [5, 5.41) is -0.219. The number of hydrogen-bond acceptors (Lipinski definition) is 4. The highest BCUT2D eigenvalue weighted by molar-refractivity contribution is 7.99. The fourth-order valence-corrected chi connectivity index (χ4v) is 5.65. The lowest BCUT2D eigenvalue weighted by atomic mass is 10.2. The van der Waals surface area contributed by atoms with Crippen LogP contribution in [0.15, 0.2) is 53.4 Å². The number of anilines is 1. The number of hydrogen-bond donors (Lipinski definition) is 0. The van der Waals surface area contributed by atoms with Crippen LogP contribution in [-0.2, 0) is 4.79 Å². The second-order valence-corrected chi connectivity index (χ2v) is 8.39. The Balaban J connectivity index is 1.53. The molecule has 6 heteroatoms. The van der Waals surface area contributed by atoms with Gasteiger partial charge in [0.25, 0.3) is 0 Å². The lowest BCUT2D eigenvalue weighted by Gasteiger charge is -2.33. The third-order valence-corrected chi connectivity index (χ3v) is 6.82. The van der Waals surface area contributed by atoms with Crippen LogP contribution in [0, 0.1) is 5.82 Å². The molecular weight excluding hydrogens is 355 g/mol. The van der Waals surface area contributed by atoms with Gasteiger partial charge in [0, 0.05) is 35.1 Å². The van der Waals surface area contributed by atoms with Crippen LogP contribution in [0.2, 0.25) is 0 Å². The predicted octanol–water partition coefficient (Wildman–Crippen LogP) is 4.01. The molecule has 0 bridgehead atoms. The molecule has 0 spiro atoms. The molecule has 1 fully saturated rings. The van der Waals surface area contributed by atoms with Crippen molar-refractivity contribution in [2.24, 2.45) is 0 Å². The number of carbonyl (C=O) groups is 1. The van der Waals surface area contributed by atoms with E-state index in [1.165, 1.54) is 11.0 Å². The molecular formula is C19H19FN2OS2. The van der Waals surface area contributed by atoms with Crippen LogP contribution in [0.1, 0.15) is 10.9 Å². The minimum Gasteiger partial charge on any atom is -0.360 e. The van der Waals surface area contributed by atoms with Crippen molar-refractivity contribution in [2.45, 2.75) is 10.3 Å². The Morgan fingerprint density at radius 1 is 1.08 bits per heavy atom. The van der Waals surface area contributed by atoms with E-state index in [4.69, 9.17) is 0 Å². The number of thioether (sulfide) groups is 2. The molecule has 0 N–H and O–H groups in total. The molecule has 0 aromatic heterocycles. The van der Waals surface area contributed by atoms with E-state index >= 15 is 0 Å². The SMILES string of the molecule is O=C(CN1CCSc2ccccc21)N1CCSC1c1ccccc1F. The van der Waals surface area contributed by atoms with Crippen LogP contribution in [0.4, 0.5) is 10.1 Å². The molecule has 1 amide bonds. The van der Waals surface area contributed by atoms with Gasteiger partial charge in [0.1, 0.15) is 11.2 Å². The molecule has 2 aliphatic rings. The Morgan fingerprint density at radius 3 is 2.76 bits per heavy atom. The molecule has 3 nitrogen and oxygen atoms in total. The molecule has 2 heterocycles. The lowest BCUT2D eigenvalue weighted by molar-refractivity contribution is -0.129. The Kier molecular flexibility index (Phi) is 4.90. The lowest BCUT2D eigenvalue weighted by Crippen LogP contribution is -2.42. The number of rotatable bonds is 3. The first-order valence-corrected chi connectivity index (χ1v) is 10.4. The zero-order valence-corrected chi connectivity index (χ0v) is 15.4. The summed E-state index contributed by atoms with van der Waals surface area (Å²) in [6, 6.07) is 15.0. The second kappa shape index (κ2) is 7.30. The average molecular weight is 375 g/mol. The molecule has 2 aromatic carbocycles. The summed E-state index contributed by atoms with van der Waals surface area (Å²) < 4.78 is 14.2. The van der Waals surface area contributed by atoms with Gasteiger partial charge in [-0.15, -0.1) is 23.5 Å². The molecule has 0 aliphatic carbocycles. The highest BCUT2D eigenvalue weighted by Gasteiger charge is 2.33. The number of carbonyl (C=O) groups excluding carboxylic acids is 1. The van der Waals surface area contributed by atoms with E-state index in [-0.39, 0.29) is 17.1 Å². The maximum Gasteiger partial charge on any atom is 0.243 e. The first-order valence-electron chi connectivity index (χ1n) is 8.36. The summed E-state index contributed by atoms with van der Waals surface area (Å²) in [5.41, 5.74) is 1.73. The van der Waals surface area contributed by atoms with E-state index in [9.17, 15) is 9.18 Å². The number of benzene rings is 2. The maximum absolute atomic E-state index is 14.2. The van der Waals surface area contributed by atoms with Crippen molar-refractivity contribution in [1.29, 1.82) is 0 Å². The highest BCUT2D eigenvalue weighted by Crippen LogP contribution is 2.39. The summed E-state index contributed by atoms with van der Waals surface area (Å²) >= 11 is 3.47. The summed E-state index contributed by atoms with van der Waals surface area (Å²) in [6.07, 6.45) is 0. The fraction of sp³-hybridized carbons (Fsp3) is 0.316. The van der Waals surface area contributed by atoms with Crippen LogP contribution < -0.4 is 4.90 Å². The predicted molar refractivity (Wildman–Crippen MR) is 103 cm³/mol. The van der Waals surface area contributed by atoms with E-state index in [2.05, 4.69) is 17.0 Å². The van der Waals surface area contributed by atoms with E-state index in [0.29, 0.717) is 18.7 Å². The quantitative estimate of drug-likeness (QED) is 0.810. The molecule has 25 heavy (non-hydrogen) atoms. The summed E-state index contributed by atoms with van der Waals surface area (Å²) in [6.45, 7) is 1.88. The Labute approximate surface area is 155 Å². The second-order valence-electron chi connectivity index (χ2n) is 6.07. The first-order chi connectivity index (χ1) is 12.2. The number of amides is 1. The minimum absolute atomic E-state index is 0.0694. The third-order valence-electron chi connectivity index (χ3n) is 4.53. The smallest absolute Gasteiger partial charge is 0.243 e. The van der Waals surface area contributed by atoms with Gasteiger partial charge < -0.3 is 9.80 Å². The summed E-state index contributed by atoms with van der Waals surface area (Å²) in [7, 11) is 0. The van der Waals surface area contributed by atoms with Gasteiger partial charge in [-0.3, -0.25) is 4.79 Å². The molecule has 1 saturated heterocycles. The van der Waals surface area contributed by atoms with Gasteiger partial charge in [-0.05, 0) is 18.2 Å². The van der Waals surface area contributed by atoms with Gasteiger partial charge in [-0.1, -0.05) is 30.3 Å². The maximum atomic E-state index is 14.2. The number of nitrogens with zero attached hydrogens (tertiary/aromatic N) is 2. The van der Waals surface area contributed by atoms with Gasteiger partial charge in [0.15, 0.2) is 0 Å². The Hall–Kier alpha value is -1.66. The van der Waals surface area contributed by atoms with Crippen molar-refractivity contribution >= 4 is 35.1 Å². The van der Waals surface area contributed by atoms with E-state index in [1.54, 1.807) is 23.9 Å². The topological polar surface area (TPSA) is 23.6 Å². The molecule has 2 aromatic rings. The summed E-state index contributed by atoms with van der Waals surface area (Å²) in [4.78, 5) is 18.2. The molecule has 4 rings (SSSR count). The van der Waals surface area contributed by atoms with Gasteiger partial charge in [0.05, 0.1) is 12.2 Å². The van der Waals surface area contributed by atoms with Crippen LogP contribution in [0.5, 0.6) is 0 Å². The molecule has 130 valence electrons. The number of fused-ring (bicyclic) bond motifs is 1. The molecule has 0 radical (unpaired) electrons. The zero-order valence-electron chi connectivity index (χ0n) is 13.7. The van der Waals surface area contributed by atoms with Gasteiger partial charge in [-0.2, -0.15) is 0 Å².